The maximum atomic E-state index is 6.27. The highest BCUT2D eigenvalue weighted by Crippen LogP contribution is 2.33. The molecule has 0 unspecified atom stereocenters. The summed E-state index contributed by atoms with van der Waals surface area (Å²) < 4.78 is 5.39. The molecule has 0 bridgehead atoms. The van der Waals surface area contributed by atoms with Crippen LogP contribution in [-0.4, -0.2) is 18.2 Å². The normalized spacial score (nSPS) is 22.2. The fourth-order valence-electron chi connectivity index (χ4n) is 1.98. The molecule has 0 aromatic rings. The third kappa shape index (κ3) is 3.28. The molecule has 1 aliphatic rings. The van der Waals surface area contributed by atoms with Crippen molar-refractivity contribution in [2.45, 2.75) is 63.5 Å². The average Bonchev–Trinajstić information content (AvgIpc) is 2.50. The van der Waals surface area contributed by atoms with E-state index in [4.69, 9.17) is 10.5 Å². The minimum atomic E-state index is -0.00500. The van der Waals surface area contributed by atoms with Crippen LogP contribution < -0.4 is 5.73 Å². The van der Waals surface area contributed by atoms with Crippen LogP contribution in [0.3, 0.4) is 0 Å². The van der Waals surface area contributed by atoms with Gasteiger partial charge in [0.05, 0.1) is 5.60 Å². The summed E-state index contributed by atoms with van der Waals surface area (Å²) >= 11 is 0. The highest BCUT2D eigenvalue weighted by atomic mass is 16.5. The molecule has 0 spiro atoms. The third-order valence-corrected chi connectivity index (χ3v) is 3.38. The van der Waals surface area contributed by atoms with Crippen molar-refractivity contribution < 1.29 is 4.74 Å². The van der Waals surface area contributed by atoms with Crippen molar-refractivity contribution in [3.05, 3.63) is 0 Å². The summed E-state index contributed by atoms with van der Waals surface area (Å²) in [5.74, 6) is 0. The third-order valence-electron chi connectivity index (χ3n) is 3.38. The second-order valence-corrected chi connectivity index (χ2v) is 5.03. The lowest BCUT2D eigenvalue weighted by molar-refractivity contribution is 0.00905. The van der Waals surface area contributed by atoms with Gasteiger partial charge in [0.15, 0.2) is 0 Å². The van der Waals surface area contributed by atoms with Crippen LogP contribution in [0.25, 0.3) is 0 Å². The lowest BCUT2D eigenvalue weighted by atomic mass is 9.88. The summed E-state index contributed by atoms with van der Waals surface area (Å²) in [5, 5.41) is 0. The van der Waals surface area contributed by atoms with E-state index in [9.17, 15) is 0 Å². The first kappa shape index (κ1) is 11.0. The van der Waals surface area contributed by atoms with Crippen molar-refractivity contribution in [2.75, 3.05) is 7.11 Å². The van der Waals surface area contributed by atoms with E-state index < -0.39 is 0 Å². The molecule has 0 aromatic carbocycles. The highest BCUT2D eigenvalue weighted by molar-refractivity contribution is 4.90. The zero-order valence-corrected chi connectivity index (χ0v) is 9.23. The van der Waals surface area contributed by atoms with E-state index in [0.717, 1.165) is 12.8 Å². The molecule has 13 heavy (non-hydrogen) atoms. The van der Waals surface area contributed by atoms with Crippen LogP contribution in [0.5, 0.6) is 0 Å². The van der Waals surface area contributed by atoms with Gasteiger partial charge in [-0.15, -0.1) is 0 Å². The molecule has 0 saturated heterocycles. The predicted octanol–water partition coefficient (Wildman–Crippen LogP) is 2.46. The SMILES string of the molecule is COC(C)(C)CCC1(N)CCCC1. The molecule has 0 aromatic heterocycles. The van der Waals surface area contributed by atoms with E-state index in [1.165, 1.54) is 25.7 Å². The Hall–Kier alpha value is -0.0800. The van der Waals surface area contributed by atoms with E-state index in [2.05, 4.69) is 13.8 Å². The molecule has 2 nitrogen and oxygen atoms in total. The first-order chi connectivity index (χ1) is 5.97. The zero-order chi connectivity index (χ0) is 9.95. The minimum absolute atomic E-state index is 0.00500. The summed E-state index contributed by atoms with van der Waals surface area (Å²) in [6.45, 7) is 4.26. The molecule has 1 rings (SSSR count). The summed E-state index contributed by atoms with van der Waals surface area (Å²) in [6, 6.07) is 0. The zero-order valence-electron chi connectivity index (χ0n) is 9.23. The number of ether oxygens (including phenoxy) is 1. The lowest BCUT2D eigenvalue weighted by Crippen LogP contribution is -2.38. The van der Waals surface area contributed by atoms with E-state index in [1.54, 1.807) is 7.11 Å². The van der Waals surface area contributed by atoms with Gasteiger partial charge >= 0.3 is 0 Å². The number of methoxy groups -OCH3 is 1. The Morgan fingerprint density at radius 1 is 1.31 bits per heavy atom. The molecule has 78 valence electrons. The van der Waals surface area contributed by atoms with Gasteiger partial charge in [0.25, 0.3) is 0 Å². The largest absolute Gasteiger partial charge is 0.379 e. The van der Waals surface area contributed by atoms with E-state index in [0.29, 0.717) is 0 Å². The summed E-state index contributed by atoms with van der Waals surface area (Å²) in [6.07, 6.45) is 7.20. The van der Waals surface area contributed by atoms with Crippen LogP contribution in [0.2, 0.25) is 0 Å². The molecular formula is C11H23NO. The van der Waals surface area contributed by atoms with Gasteiger partial charge in [0, 0.05) is 12.6 Å². The first-order valence-corrected chi connectivity index (χ1v) is 5.32. The smallest absolute Gasteiger partial charge is 0.0623 e. The van der Waals surface area contributed by atoms with Crippen molar-refractivity contribution in [1.82, 2.24) is 0 Å². The number of nitrogens with two attached hydrogens (primary N) is 1. The molecular weight excluding hydrogens is 162 g/mol. The summed E-state index contributed by atoms with van der Waals surface area (Å²) in [4.78, 5) is 0. The van der Waals surface area contributed by atoms with Crippen LogP contribution in [0, 0.1) is 0 Å². The quantitative estimate of drug-likeness (QED) is 0.730. The average molecular weight is 185 g/mol. The van der Waals surface area contributed by atoms with Gasteiger partial charge in [0.1, 0.15) is 0 Å². The van der Waals surface area contributed by atoms with E-state index in [1.807, 2.05) is 0 Å². The van der Waals surface area contributed by atoms with Crippen molar-refractivity contribution in [3.63, 3.8) is 0 Å². The maximum absolute atomic E-state index is 6.27. The topological polar surface area (TPSA) is 35.2 Å². The Balaban J connectivity index is 2.32. The number of hydrogen-bond acceptors (Lipinski definition) is 2. The molecule has 2 N–H and O–H groups in total. The molecule has 0 heterocycles. The van der Waals surface area contributed by atoms with Gasteiger partial charge in [-0.05, 0) is 39.5 Å². The maximum Gasteiger partial charge on any atom is 0.0623 e. The molecule has 2 heteroatoms. The van der Waals surface area contributed by atoms with Crippen LogP contribution >= 0.6 is 0 Å². The van der Waals surface area contributed by atoms with Crippen LogP contribution in [-0.2, 0) is 4.74 Å². The second kappa shape index (κ2) is 3.97. The first-order valence-electron chi connectivity index (χ1n) is 5.32. The molecule has 0 atom stereocenters. The molecule has 1 aliphatic carbocycles. The molecule has 1 saturated carbocycles. The minimum Gasteiger partial charge on any atom is -0.379 e. The van der Waals surface area contributed by atoms with Crippen molar-refractivity contribution in [1.29, 1.82) is 0 Å². The van der Waals surface area contributed by atoms with Crippen LogP contribution in [0.1, 0.15) is 52.4 Å². The van der Waals surface area contributed by atoms with Crippen molar-refractivity contribution in [3.8, 4) is 0 Å². The number of rotatable bonds is 4. The predicted molar refractivity (Wildman–Crippen MR) is 55.7 cm³/mol. The van der Waals surface area contributed by atoms with Gasteiger partial charge in [0.2, 0.25) is 0 Å². The standard InChI is InChI=1S/C11H23NO/c1-10(2,13-3)8-9-11(12)6-4-5-7-11/h4-9,12H2,1-3H3. The molecule has 0 radical (unpaired) electrons. The fourth-order valence-corrected chi connectivity index (χ4v) is 1.98. The van der Waals surface area contributed by atoms with E-state index >= 15 is 0 Å². The number of hydrogen-bond donors (Lipinski definition) is 1. The van der Waals surface area contributed by atoms with Gasteiger partial charge in [-0.3, -0.25) is 0 Å². The van der Waals surface area contributed by atoms with Gasteiger partial charge in [-0.1, -0.05) is 12.8 Å². The lowest BCUT2D eigenvalue weighted by Gasteiger charge is -2.29. The molecule has 0 aliphatic heterocycles. The Morgan fingerprint density at radius 3 is 2.31 bits per heavy atom. The van der Waals surface area contributed by atoms with Crippen molar-refractivity contribution >= 4 is 0 Å². The Bertz CT molecular complexity index is 159. The Kier molecular flexibility index (Phi) is 3.36. The monoisotopic (exact) mass is 185 g/mol. The molecule has 0 amide bonds. The summed E-state index contributed by atoms with van der Waals surface area (Å²) in [7, 11) is 1.78. The van der Waals surface area contributed by atoms with Crippen LogP contribution in [0.4, 0.5) is 0 Å². The van der Waals surface area contributed by atoms with Gasteiger partial charge < -0.3 is 10.5 Å². The highest BCUT2D eigenvalue weighted by Gasteiger charge is 2.31. The van der Waals surface area contributed by atoms with Crippen molar-refractivity contribution in [2.24, 2.45) is 5.73 Å². The van der Waals surface area contributed by atoms with Crippen LogP contribution in [0.15, 0.2) is 0 Å². The molecule has 1 fully saturated rings. The van der Waals surface area contributed by atoms with Gasteiger partial charge in [-0.25, -0.2) is 0 Å². The van der Waals surface area contributed by atoms with E-state index in [-0.39, 0.29) is 11.1 Å². The summed E-state index contributed by atoms with van der Waals surface area (Å²) in [5.41, 5.74) is 6.38. The Morgan fingerprint density at radius 2 is 1.85 bits per heavy atom. The Labute approximate surface area is 81.8 Å². The van der Waals surface area contributed by atoms with Gasteiger partial charge in [-0.2, -0.15) is 0 Å². The second-order valence-electron chi connectivity index (χ2n) is 5.03. The fraction of sp³-hybridized carbons (Fsp3) is 1.00.